The van der Waals surface area contributed by atoms with E-state index in [4.69, 9.17) is 16.6 Å². The minimum Gasteiger partial charge on any atom is -0.249 e. The number of aromatic nitrogens is 3. The summed E-state index contributed by atoms with van der Waals surface area (Å²) < 4.78 is 0. The van der Waals surface area contributed by atoms with E-state index in [1.807, 2.05) is 61.5 Å². The maximum atomic E-state index is 6.47. The number of aryl methyl sites for hydroxylation is 1. The minimum atomic E-state index is 0.605. The predicted octanol–water partition coefficient (Wildman–Crippen LogP) is 5.95. The highest BCUT2D eigenvalue weighted by Gasteiger charge is 2.14. The van der Waals surface area contributed by atoms with Crippen molar-refractivity contribution in [3.05, 3.63) is 83.0 Å². The number of fused-ring (bicyclic) bond motifs is 1. The summed E-state index contributed by atoms with van der Waals surface area (Å²) in [6.45, 7) is 1.93. The average Bonchev–Trinajstić information content (AvgIpc) is 2.67. The molecule has 4 rings (SSSR count). The smallest absolute Gasteiger partial charge is 0.189 e. The zero-order valence-corrected chi connectivity index (χ0v) is 15.8. The van der Waals surface area contributed by atoms with Crippen LogP contribution in [-0.4, -0.2) is 15.0 Å². The second kappa shape index (κ2) is 7.44. The fourth-order valence-electron chi connectivity index (χ4n) is 2.75. The van der Waals surface area contributed by atoms with Gasteiger partial charge in [-0.25, -0.2) is 15.0 Å². The van der Waals surface area contributed by atoms with Gasteiger partial charge < -0.3 is 0 Å². The molecular formula is C21H16ClN3S. The quantitative estimate of drug-likeness (QED) is 0.325. The van der Waals surface area contributed by atoms with Crippen LogP contribution in [0.5, 0.6) is 0 Å². The van der Waals surface area contributed by atoms with E-state index in [2.05, 4.69) is 22.1 Å². The first kappa shape index (κ1) is 17.0. The van der Waals surface area contributed by atoms with Gasteiger partial charge in [0.15, 0.2) is 5.16 Å². The van der Waals surface area contributed by atoms with Crippen molar-refractivity contribution in [2.75, 3.05) is 0 Å². The Morgan fingerprint density at radius 2 is 1.54 bits per heavy atom. The first-order chi connectivity index (χ1) is 12.7. The monoisotopic (exact) mass is 377 g/mol. The van der Waals surface area contributed by atoms with E-state index < -0.39 is 0 Å². The predicted molar refractivity (Wildman–Crippen MR) is 109 cm³/mol. The Labute approximate surface area is 161 Å². The standard InChI is InChI=1S/C21H16ClN3S/c1-14-12-17(22)19-20(23-14)18(16-10-6-3-7-11-16)24-21(25-19)26-13-15-8-4-2-5-9-15/h2-12H,13H2,1H3. The van der Waals surface area contributed by atoms with Crippen LogP contribution in [0.3, 0.4) is 0 Å². The average molecular weight is 378 g/mol. The number of hydrogen-bond acceptors (Lipinski definition) is 4. The lowest BCUT2D eigenvalue weighted by Crippen LogP contribution is -1.98. The lowest BCUT2D eigenvalue weighted by atomic mass is 10.1. The van der Waals surface area contributed by atoms with Crippen LogP contribution in [0.1, 0.15) is 11.3 Å². The Balaban J connectivity index is 1.82. The third-order valence-corrected chi connectivity index (χ3v) is 5.18. The fourth-order valence-corrected chi connectivity index (χ4v) is 3.84. The van der Waals surface area contributed by atoms with Crippen LogP contribution in [0.25, 0.3) is 22.3 Å². The van der Waals surface area contributed by atoms with E-state index in [1.165, 1.54) is 5.56 Å². The molecule has 26 heavy (non-hydrogen) atoms. The summed E-state index contributed by atoms with van der Waals surface area (Å²) in [5.41, 5.74) is 5.35. The van der Waals surface area contributed by atoms with Gasteiger partial charge in [0, 0.05) is 17.0 Å². The van der Waals surface area contributed by atoms with Crippen molar-refractivity contribution in [1.29, 1.82) is 0 Å². The summed E-state index contributed by atoms with van der Waals surface area (Å²) in [6.07, 6.45) is 0. The molecule has 0 aliphatic heterocycles. The number of pyridine rings is 1. The molecule has 0 spiro atoms. The molecular weight excluding hydrogens is 362 g/mol. The molecule has 0 saturated heterocycles. The van der Waals surface area contributed by atoms with Gasteiger partial charge in [0.05, 0.1) is 5.02 Å². The van der Waals surface area contributed by atoms with E-state index in [1.54, 1.807) is 11.8 Å². The van der Waals surface area contributed by atoms with E-state index in [9.17, 15) is 0 Å². The van der Waals surface area contributed by atoms with Gasteiger partial charge in [-0.15, -0.1) is 0 Å². The van der Waals surface area contributed by atoms with Gasteiger partial charge in [0.2, 0.25) is 0 Å². The molecule has 0 N–H and O–H groups in total. The van der Waals surface area contributed by atoms with E-state index in [0.29, 0.717) is 15.7 Å². The summed E-state index contributed by atoms with van der Waals surface area (Å²) in [4.78, 5) is 14.1. The second-order valence-corrected chi connectivity index (χ2v) is 7.29. The van der Waals surface area contributed by atoms with Crippen LogP contribution in [0.4, 0.5) is 0 Å². The van der Waals surface area contributed by atoms with Crippen molar-refractivity contribution < 1.29 is 0 Å². The first-order valence-electron chi connectivity index (χ1n) is 8.28. The normalized spacial score (nSPS) is 11.0. The van der Waals surface area contributed by atoms with E-state index in [-0.39, 0.29) is 0 Å². The Morgan fingerprint density at radius 3 is 2.27 bits per heavy atom. The number of nitrogens with zero attached hydrogens (tertiary/aromatic N) is 3. The zero-order valence-electron chi connectivity index (χ0n) is 14.2. The number of benzene rings is 2. The van der Waals surface area contributed by atoms with Crippen LogP contribution in [0, 0.1) is 6.92 Å². The summed E-state index contributed by atoms with van der Waals surface area (Å²) in [7, 11) is 0. The van der Waals surface area contributed by atoms with Crippen LogP contribution in [0.15, 0.2) is 71.9 Å². The van der Waals surface area contributed by atoms with Crippen molar-refractivity contribution in [3.63, 3.8) is 0 Å². The van der Waals surface area contributed by atoms with Gasteiger partial charge in [-0.05, 0) is 18.6 Å². The summed E-state index contributed by atoms with van der Waals surface area (Å²) in [6, 6.07) is 22.2. The molecule has 0 radical (unpaired) electrons. The van der Waals surface area contributed by atoms with Crippen molar-refractivity contribution >= 4 is 34.4 Å². The molecule has 0 aliphatic carbocycles. The second-order valence-electron chi connectivity index (χ2n) is 5.94. The summed E-state index contributed by atoms with van der Waals surface area (Å²) in [5.74, 6) is 0.803. The largest absolute Gasteiger partial charge is 0.249 e. The zero-order chi connectivity index (χ0) is 17.9. The molecule has 5 heteroatoms. The number of thioether (sulfide) groups is 1. The molecule has 0 fully saturated rings. The molecule has 0 saturated carbocycles. The minimum absolute atomic E-state index is 0.605. The highest BCUT2D eigenvalue weighted by molar-refractivity contribution is 7.98. The Bertz CT molecular complexity index is 1050. The number of halogens is 1. The molecule has 128 valence electrons. The topological polar surface area (TPSA) is 38.7 Å². The van der Waals surface area contributed by atoms with Gasteiger partial charge in [-0.1, -0.05) is 84.0 Å². The summed E-state index contributed by atoms with van der Waals surface area (Å²) >= 11 is 8.07. The molecule has 3 nitrogen and oxygen atoms in total. The van der Waals surface area contributed by atoms with E-state index in [0.717, 1.165) is 28.2 Å². The Hall–Kier alpha value is -2.43. The maximum Gasteiger partial charge on any atom is 0.189 e. The molecule has 0 aliphatic rings. The SMILES string of the molecule is Cc1cc(Cl)c2nc(SCc3ccccc3)nc(-c3ccccc3)c2n1. The van der Waals surface area contributed by atoms with Gasteiger partial charge in [-0.2, -0.15) is 0 Å². The van der Waals surface area contributed by atoms with E-state index >= 15 is 0 Å². The molecule has 0 amide bonds. The molecule has 4 aromatic rings. The molecule has 0 unspecified atom stereocenters. The Kier molecular flexibility index (Phi) is 4.87. The summed E-state index contributed by atoms with van der Waals surface area (Å²) in [5, 5.41) is 1.31. The van der Waals surface area contributed by atoms with Crippen LogP contribution < -0.4 is 0 Å². The molecule has 2 aromatic carbocycles. The van der Waals surface area contributed by atoms with Crippen LogP contribution >= 0.6 is 23.4 Å². The van der Waals surface area contributed by atoms with Crippen molar-refractivity contribution in [2.24, 2.45) is 0 Å². The Morgan fingerprint density at radius 1 is 0.846 bits per heavy atom. The third kappa shape index (κ3) is 3.57. The van der Waals surface area contributed by atoms with Crippen molar-refractivity contribution in [3.8, 4) is 11.3 Å². The van der Waals surface area contributed by atoms with Crippen molar-refractivity contribution in [1.82, 2.24) is 15.0 Å². The fraction of sp³-hybridized carbons (Fsp3) is 0.0952. The maximum absolute atomic E-state index is 6.47. The van der Waals surface area contributed by atoms with Crippen LogP contribution in [-0.2, 0) is 5.75 Å². The highest BCUT2D eigenvalue weighted by atomic mass is 35.5. The van der Waals surface area contributed by atoms with Gasteiger partial charge in [0.1, 0.15) is 16.7 Å². The molecule has 2 heterocycles. The molecule has 0 atom stereocenters. The third-order valence-electron chi connectivity index (χ3n) is 3.97. The molecule has 0 bridgehead atoms. The lowest BCUT2D eigenvalue weighted by molar-refractivity contribution is 0.998. The molecule has 2 aromatic heterocycles. The van der Waals surface area contributed by atoms with Gasteiger partial charge >= 0.3 is 0 Å². The number of hydrogen-bond donors (Lipinski definition) is 0. The van der Waals surface area contributed by atoms with Gasteiger partial charge in [0.25, 0.3) is 0 Å². The van der Waals surface area contributed by atoms with Crippen molar-refractivity contribution in [2.45, 2.75) is 17.8 Å². The number of rotatable bonds is 4. The first-order valence-corrected chi connectivity index (χ1v) is 9.64. The van der Waals surface area contributed by atoms with Gasteiger partial charge in [-0.3, -0.25) is 0 Å². The van der Waals surface area contributed by atoms with Crippen LogP contribution in [0.2, 0.25) is 5.02 Å². The lowest BCUT2D eigenvalue weighted by Gasteiger charge is -2.10. The highest BCUT2D eigenvalue weighted by Crippen LogP contribution is 2.32.